The second kappa shape index (κ2) is 7.06. The largest absolute Gasteiger partial charge is 0.461 e. The first-order valence-electron chi connectivity index (χ1n) is 6.41. The van der Waals surface area contributed by atoms with Crippen molar-refractivity contribution in [3.63, 3.8) is 0 Å². The monoisotopic (exact) mass is 402 g/mol. The molecule has 7 nitrogen and oxygen atoms in total. The van der Waals surface area contributed by atoms with Crippen molar-refractivity contribution in [2.24, 2.45) is 5.73 Å². The highest BCUT2D eigenvalue weighted by molar-refractivity contribution is 8.00. The van der Waals surface area contributed by atoms with E-state index in [1.165, 1.54) is 23.6 Å². The molecule has 0 aromatic heterocycles. The Morgan fingerprint density at radius 1 is 1.39 bits per heavy atom. The minimum atomic E-state index is -1.77. The lowest BCUT2D eigenvalue weighted by Crippen LogP contribution is -2.68. The molecule has 2 aliphatic rings. The number of halogens is 3. The summed E-state index contributed by atoms with van der Waals surface area (Å²) >= 11 is 18.0. The fraction of sp³-hybridized carbons (Fsp3) is 0.583. The molecule has 0 saturated carbocycles. The lowest BCUT2D eigenvalue weighted by atomic mass is 10.0. The van der Waals surface area contributed by atoms with E-state index < -0.39 is 34.3 Å². The standard InChI is InChI=1S/C12H13Cl3N2O5S/c1-5(18)21-2-6-3-23-10-7(16)9(19)17(10)8(6)11(20)22-4-12(13,14)15/h7,10H,2-4,16H2,1H3/t7-,10-/m1/s1. The predicted molar refractivity (Wildman–Crippen MR) is 86.0 cm³/mol. The van der Waals surface area contributed by atoms with E-state index in [0.717, 1.165) is 0 Å². The van der Waals surface area contributed by atoms with Crippen LogP contribution in [0.15, 0.2) is 11.3 Å². The number of nitrogens with zero attached hydrogens (tertiary/aromatic N) is 1. The molecule has 2 N–H and O–H groups in total. The van der Waals surface area contributed by atoms with Gasteiger partial charge in [-0.15, -0.1) is 11.8 Å². The van der Waals surface area contributed by atoms with Gasteiger partial charge < -0.3 is 15.2 Å². The third-order valence-corrected chi connectivity index (χ3v) is 4.79. The molecule has 2 rings (SSSR count). The van der Waals surface area contributed by atoms with E-state index in [0.29, 0.717) is 11.3 Å². The van der Waals surface area contributed by atoms with Crippen molar-refractivity contribution in [3.8, 4) is 0 Å². The lowest BCUT2D eigenvalue weighted by molar-refractivity contribution is -0.151. The van der Waals surface area contributed by atoms with Crippen LogP contribution in [-0.2, 0) is 23.9 Å². The third-order valence-electron chi connectivity index (χ3n) is 3.10. The van der Waals surface area contributed by atoms with Gasteiger partial charge in [0.2, 0.25) is 9.70 Å². The van der Waals surface area contributed by atoms with Gasteiger partial charge in [0, 0.05) is 18.2 Å². The van der Waals surface area contributed by atoms with Crippen molar-refractivity contribution in [3.05, 3.63) is 11.3 Å². The molecule has 0 spiro atoms. The Balaban J connectivity index is 2.23. The van der Waals surface area contributed by atoms with E-state index in [1.54, 1.807) is 0 Å². The van der Waals surface area contributed by atoms with Crippen molar-refractivity contribution in [2.75, 3.05) is 19.0 Å². The normalized spacial score (nSPS) is 24.0. The zero-order chi connectivity index (χ0) is 17.4. The summed E-state index contributed by atoms with van der Waals surface area (Å²) in [5.74, 6) is -1.38. The quantitative estimate of drug-likeness (QED) is 0.424. The SMILES string of the molecule is CC(=O)OCC1=C(C(=O)OCC(Cl)(Cl)Cl)N2C(=O)[C@@H](N)[C@H]2SC1. The van der Waals surface area contributed by atoms with E-state index in [9.17, 15) is 14.4 Å². The summed E-state index contributed by atoms with van der Waals surface area (Å²) in [6, 6.07) is -0.689. The number of carbonyl (C=O) groups is 3. The number of esters is 2. The van der Waals surface area contributed by atoms with Crippen LogP contribution in [0.5, 0.6) is 0 Å². The topological polar surface area (TPSA) is 98.9 Å². The number of alkyl halides is 3. The van der Waals surface area contributed by atoms with Crippen LogP contribution in [0.3, 0.4) is 0 Å². The molecule has 0 aliphatic carbocycles. The molecule has 11 heteroatoms. The molecule has 0 aromatic rings. The van der Waals surface area contributed by atoms with Gasteiger partial charge in [0.15, 0.2) is 0 Å². The number of hydrogen-bond acceptors (Lipinski definition) is 7. The number of ether oxygens (including phenoxy) is 2. The first kappa shape index (κ1) is 18.7. The second-order valence-corrected chi connectivity index (χ2v) is 8.48. The number of thioether (sulfide) groups is 1. The Bertz CT molecular complexity index is 578. The van der Waals surface area contributed by atoms with Crippen LogP contribution in [-0.4, -0.2) is 56.9 Å². The van der Waals surface area contributed by atoms with Gasteiger partial charge in [0.05, 0.1) is 0 Å². The summed E-state index contributed by atoms with van der Waals surface area (Å²) in [4.78, 5) is 36.5. The molecule has 0 unspecified atom stereocenters. The molecule has 2 atom stereocenters. The van der Waals surface area contributed by atoms with Crippen molar-refractivity contribution < 1.29 is 23.9 Å². The van der Waals surface area contributed by atoms with Gasteiger partial charge in [0.1, 0.15) is 30.3 Å². The Hall–Kier alpha value is -0.670. The summed E-state index contributed by atoms with van der Waals surface area (Å²) in [6.45, 7) is 0.629. The number of carbonyl (C=O) groups excluding carboxylic acids is 3. The first-order valence-corrected chi connectivity index (χ1v) is 8.59. The predicted octanol–water partition coefficient (Wildman–Crippen LogP) is 0.959. The number of nitrogens with two attached hydrogens (primary N) is 1. The maximum atomic E-state index is 12.3. The molecular weight excluding hydrogens is 391 g/mol. The average molecular weight is 404 g/mol. The third kappa shape index (κ3) is 4.24. The van der Waals surface area contributed by atoms with Crippen molar-refractivity contribution in [2.45, 2.75) is 22.1 Å². The zero-order valence-electron chi connectivity index (χ0n) is 11.9. The van der Waals surface area contributed by atoms with E-state index in [2.05, 4.69) is 0 Å². The molecule has 128 valence electrons. The van der Waals surface area contributed by atoms with Gasteiger partial charge in [-0.25, -0.2) is 4.79 Å². The molecule has 0 radical (unpaired) electrons. The van der Waals surface area contributed by atoms with Gasteiger partial charge in [-0.2, -0.15) is 0 Å². The molecule has 23 heavy (non-hydrogen) atoms. The Morgan fingerprint density at radius 2 is 2.04 bits per heavy atom. The number of amides is 1. The smallest absolute Gasteiger partial charge is 0.355 e. The van der Waals surface area contributed by atoms with Crippen LogP contribution >= 0.6 is 46.6 Å². The minimum Gasteiger partial charge on any atom is -0.461 e. The summed E-state index contributed by atoms with van der Waals surface area (Å²) in [6.07, 6.45) is 0. The summed E-state index contributed by atoms with van der Waals surface area (Å²) in [5, 5.41) is -0.362. The molecule has 2 aliphatic heterocycles. The number of β-lactam (4-membered cyclic amide) rings is 1. The molecule has 0 aromatic carbocycles. The highest BCUT2D eigenvalue weighted by atomic mass is 35.6. The maximum Gasteiger partial charge on any atom is 0.355 e. The number of rotatable bonds is 4. The second-order valence-electron chi connectivity index (χ2n) is 4.86. The molecular formula is C12H13Cl3N2O5S. The van der Waals surface area contributed by atoms with Crippen molar-refractivity contribution in [1.82, 2.24) is 4.90 Å². The average Bonchev–Trinajstić information content (AvgIpc) is 2.47. The lowest BCUT2D eigenvalue weighted by Gasteiger charge is -2.48. The minimum absolute atomic E-state index is 0.00375. The highest BCUT2D eigenvalue weighted by Gasteiger charge is 2.52. The Labute approximate surface area is 151 Å². The van der Waals surface area contributed by atoms with Gasteiger partial charge in [-0.05, 0) is 0 Å². The molecule has 1 amide bonds. The molecule has 1 saturated heterocycles. The van der Waals surface area contributed by atoms with Crippen molar-refractivity contribution in [1.29, 1.82) is 0 Å². The summed E-state index contributed by atoms with van der Waals surface area (Å²) in [7, 11) is 0. The van der Waals surface area contributed by atoms with Crippen LogP contribution in [0.1, 0.15) is 6.92 Å². The van der Waals surface area contributed by atoms with Crippen LogP contribution < -0.4 is 5.73 Å². The van der Waals surface area contributed by atoms with E-state index in [-0.39, 0.29) is 17.7 Å². The van der Waals surface area contributed by atoms with Gasteiger partial charge in [-0.3, -0.25) is 14.5 Å². The van der Waals surface area contributed by atoms with Crippen molar-refractivity contribution >= 4 is 64.4 Å². The summed E-state index contributed by atoms with van der Waals surface area (Å²) < 4.78 is 8.08. The Kier molecular flexibility index (Phi) is 5.73. The van der Waals surface area contributed by atoms with E-state index >= 15 is 0 Å². The van der Waals surface area contributed by atoms with E-state index in [4.69, 9.17) is 50.0 Å². The van der Waals surface area contributed by atoms with Gasteiger partial charge in [0.25, 0.3) is 0 Å². The molecule has 2 heterocycles. The summed E-state index contributed by atoms with van der Waals surface area (Å²) in [5.41, 5.74) is 6.15. The molecule has 1 fully saturated rings. The van der Waals surface area contributed by atoms with Crippen LogP contribution in [0.25, 0.3) is 0 Å². The Morgan fingerprint density at radius 3 is 2.61 bits per heavy atom. The first-order chi connectivity index (χ1) is 10.6. The van der Waals surface area contributed by atoms with Crippen LogP contribution in [0, 0.1) is 0 Å². The van der Waals surface area contributed by atoms with E-state index in [1.807, 2.05) is 0 Å². The van der Waals surface area contributed by atoms with Crippen LogP contribution in [0.2, 0.25) is 0 Å². The highest BCUT2D eigenvalue weighted by Crippen LogP contribution is 2.40. The number of hydrogen-bond donors (Lipinski definition) is 1. The van der Waals surface area contributed by atoms with Gasteiger partial charge >= 0.3 is 11.9 Å². The fourth-order valence-corrected chi connectivity index (χ4v) is 3.52. The number of fused-ring (bicyclic) bond motifs is 1. The fourth-order valence-electron chi connectivity index (χ4n) is 2.08. The van der Waals surface area contributed by atoms with Crippen LogP contribution in [0.4, 0.5) is 0 Å². The van der Waals surface area contributed by atoms with Gasteiger partial charge in [-0.1, -0.05) is 34.8 Å². The maximum absolute atomic E-state index is 12.3. The molecule has 0 bridgehead atoms. The zero-order valence-corrected chi connectivity index (χ0v) is 15.0.